The molecule has 4 heteroatoms. The summed E-state index contributed by atoms with van der Waals surface area (Å²) in [7, 11) is 0. The van der Waals surface area contributed by atoms with E-state index in [1.165, 1.54) is 40.3 Å². The molecule has 54 heavy (non-hydrogen) atoms. The Kier molecular flexibility index (Phi) is 7.67. The standard InChI is InChI=1S/C50H28N2S2/c51-29-31-23-37(27-39(25-31)41-9-5-11-45-43-7-1-3-13-47(43)53-49(41)45)35-19-15-33(16-20-35)34-17-21-36(22-18-34)38-24-32(30-52)26-40(28-38)42-10-6-12-46-44-8-2-4-14-48(44)54-50(42)46/h1-28H. The Hall–Kier alpha value is -6.82. The van der Waals surface area contributed by atoms with Crippen LogP contribution in [-0.4, -0.2) is 0 Å². The van der Waals surface area contributed by atoms with Crippen LogP contribution in [0.2, 0.25) is 0 Å². The van der Waals surface area contributed by atoms with E-state index in [1.807, 2.05) is 24.3 Å². The van der Waals surface area contributed by atoms with Gasteiger partial charge in [0.15, 0.2) is 0 Å². The Morgan fingerprint density at radius 3 is 1.07 bits per heavy atom. The van der Waals surface area contributed by atoms with Crippen LogP contribution in [0.3, 0.4) is 0 Å². The summed E-state index contributed by atoms with van der Waals surface area (Å²) in [6.07, 6.45) is 0. The molecule has 2 nitrogen and oxygen atoms in total. The van der Waals surface area contributed by atoms with Crippen LogP contribution in [0.1, 0.15) is 11.1 Å². The van der Waals surface area contributed by atoms with Gasteiger partial charge in [-0.3, -0.25) is 0 Å². The normalized spacial score (nSPS) is 11.3. The number of hydrogen-bond donors (Lipinski definition) is 0. The van der Waals surface area contributed by atoms with Crippen molar-refractivity contribution in [2.45, 2.75) is 0 Å². The molecule has 0 aliphatic rings. The molecule has 0 N–H and O–H groups in total. The van der Waals surface area contributed by atoms with Gasteiger partial charge in [-0.25, -0.2) is 0 Å². The van der Waals surface area contributed by atoms with Crippen LogP contribution in [0.4, 0.5) is 0 Å². The van der Waals surface area contributed by atoms with Gasteiger partial charge in [0.25, 0.3) is 0 Å². The van der Waals surface area contributed by atoms with Crippen LogP contribution in [0.15, 0.2) is 170 Å². The third-order valence-corrected chi connectivity index (χ3v) is 12.8. The van der Waals surface area contributed by atoms with Crippen molar-refractivity contribution in [3.63, 3.8) is 0 Å². The summed E-state index contributed by atoms with van der Waals surface area (Å²) in [5.41, 5.74) is 12.1. The van der Waals surface area contributed by atoms with Crippen molar-refractivity contribution in [1.29, 1.82) is 10.5 Å². The number of rotatable bonds is 5. The van der Waals surface area contributed by atoms with E-state index in [0.29, 0.717) is 11.1 Å². The quantitative estimate of drug-likeness (QED) is 0.178. The second-order valence-electron chi connectivity index (χ2n) is 13.5. The third kappa shape index (κ3) is 5.45. The summed E-state index contributed by atoms with van der Waals surface area (Å²) in [6, 6.07) is 64.3. The summed E-state index contributed by atoms with van der Waals surface area (Å²) >= 11 is 3.61. The molecule has 10 aromatic rings. The van der Waals surface area contributed by atoms with E-state index < -0.39 is 0 Å². The topological polar surface area (TPSA) is 47.6 Å². The van der Waals surface area contributed by atoms with Gasteiger partial charge in [-0.05, 0) is 104 Å². The first-order valence-corrected chi connectivity index (χ1v) is 19.4. The highest BCUT2D eigenvalue weighted by Crippen LogP contribution is 2.43. The highest BCUT2D eigenvalue weighted by Gasteiger charge is 2.15. The second-order valence-corrected chi connectivity index (χ2v) is 15.6. The van der Waals surface area contributed by atoms with E-state index in [0.717, 1.165) is 55.6 Å². The first-order chi connectivity index (χ1) is 26.6. The van der Waals surface area contributed by atoms with Gasteiger partial charge in [0.05, 0.1) is 23.3 Å². The first kappa shape index (κ1) is 31.9. The van der Waals surface area contributed by atoms with Crippen molar-refractivity contribution in [2.24, 2.45) is 0 Å². The molecule has 0 radical (unpaired) electrons. The zero-order valence-corrected chi connectivity index (χ0v) is 30.5. The minimum Gasteiger partial charge on any atom is -0.192 e. The minimum absolute atomic E-state index is 0.643. The van der Waals surface area contributed by atoms with Gasteiger partial charge < -0.3 is 0 Å². The Labute approximate surface area is 320 Å². The maximum atomic E-state index is 10.0. The first-order valence-electron chi connectivity index (χ1n) is 17.8. The Bertz CT molecular complexity index is 2950. The highest BCUT2D eigenvalue weighted by atomic mass is 32.1. The molecule has 2 heterocycles. The van der Waals surface area contributed by atoms with Crippen LogP contribution < -0.4 is 0 Å². The molecule has 8 aromatic carbocycles. The van der Waals surface area contributed by atoms with E-state index in [2.05, 4.69) is 158 Å². The molecular weight excluding hydrogens is 693 g/mol. The Morgan fingerprint density at radius 2 is 0.667 bits per heavy atom. The lowest BCUT2D eigenvalue weighted by Gasteiger charge is -2.11. The van der Waals surface area contributed by atoms with E-state index in [9.17, 15) is 10.5 Å². The van der Waals surface area contributed by atoms with E-state index in [4.69, 9.17) is 0 Å². The fourth-order valence-corrected chi connectivity index (χ4v) is 10.2. The molecular formula is C50H28N2S2. The molecule has 0 atom stereocenters. The molecule has 0 aliphatic heterocycles. The molecule has 0 unspecified atom stereocenters. The van der Waals surface area contributed by atoms with Gasteiger partial charge in [-0.2, -0.15) is 10.5 Å². The Balaban J connectivity index is 0.963. The number of nitrogens with zero attached hydrogens (tertiary/aromatic N) is 2. The maximum Gasteiger partial charge on any atom is 0.0992 e. The maximum absolute atomic E-state index is 10.0. The summed E-state index contributed by atoms with van der Waals surface area (Å²) in [5, 5.41) is 25.0. The molecule has 10 rings (SSSR count). The van der Waals surface area contributed by atoms with Crippen LogP contribution in [0.25, 0.3) is 96.0 Å². The molecule has 0 bridgehead atoms. The van der Waals surface area contributed by atoms with Crippen molar-refractivity contribution < 1.29 is 0 Å². The van der Waals surface area contributed by atoms with Crippen LogP contribution in [-0.2, 0) is 0 Å². The summed E-state index contributed by atoms with van der Waals surface area (Å²) in [4.78, 5) is 0. The lowest BCUT2D eigenvalue weighted by molar-refractivity contribution is 1.48. The largest absolute Gasteiger partial charge is 0.192 e. The summed E-state index contributed by atoms with van der Waals surface area (Å²) < 4.78 is 5.01. The van der Waals surface area contributed by atoms with Crippen molar-refractivity contribution >= 4 is 63.0 Å². The van der Waals surface area contributed by atoms with Crippen LogP contribution >= 0.6 is 22.7 Å². The SMILES string of the molecule is N#Cc1cc(-c2ccc(-c3ccc(-c4cc(C#N)cc(-c5cccc6c5sc5ccccc56)c4)cc3)cc2)cc(-c2cccc3c2sc2ccccc23)c1. The average molecular weight is 721 g/mol. The van der Waals surface area contributed by atoms with Crippen LogP contribution in [0.5, 0.6) is 0 Å². The zero-order chi connectivity index (χ0) is 36.2. The number of thiophene rings is 2. The van der Waals surface area contributed by atoms with Gasteiger partial charge in [0.2, 0.25) is 0 Å². The fourth-order valence-electron chi connectivity index (χ4n) is 7.69. The summed E-state index contributed by atoms with van der Waals surface area (Å²) in [6.45, 7) is 0. The van der Waals surface area contributed by atoms with Gasteiger partial charge in [0.1, 0.15) is 0 Å². The smallest absolute Gasteiger partial charge is 0.0992 e. The van der Waals surface area contributed by atoms with Crippen molar-refractivity contribution in [2.75, 3.05) is 0 Å². The lowest BCUT2D eigenvalue weighted by Crippen LogP contribution is -1.87. The molecule has 2 aromatic heterocycles. The van der Waals surface area contributed by atoms with Crippen LogP contribution in [0, 0.1) is 22.7 Å². The number of nitriles is 2. The number of hydrogen-bond acceptors (Lipinski definition) is 4. The van der Waals surface area contributed by atoms with Gasteiger partial charge in [-0.1, -0.05) is 121 Å². The van der Waals surface area contributed by atoms with Gasteiger partial charge in [-0.15, -0.1) is 22.7 Å². The van der Waals surface area contributed by atoms with Crippen molar-refractivity contribution in [1.82, 2.24) is 0 Å². The van der Waals surface area contributed by atoms with Crippen molar-refractivity contribution in [3.8, 4) is 67.8 Å². The third-order valence-electron chi connectivity index (χ3n) is 10.3. The minimum atomic E-state index is 0.643. The Morgan fingerprint density at radius 1 is 0.315 bits per heavy atom. The highest BCUT2D eigenvalue weighted by molar-refractivity contribution is 7.26. The molecule has 250 valence electrons. The second kappa shape index (κ2) is 13.0. The average Bonchev–Trinajstić information content (AvgIpc) is 3.82. The molecule has 0 amide bonds. The monoisotopic (exact) mass is 720 g/mol. The molecule has 0 aliphatic carbocycles. The molecule has 0 fully saturated rings. The molecule has 0 saturated heterocycles. The fraction of sp³-hybridized carbons (Fsp3) is 0. The summed E-state index contributed by atoms with van der Waals surface area (Å²) in [5.74, 6) is 0. The van der Waals surface area contributed by atoms with Gasteiger partial charge in [0, 0.05) is 40.3 Å². The number of fused-ring (bicyclic) bond motifs is 6. The lowest BCUT2D eigenvalue weighted by atomic mass is 9.93. The van der Waals surface area contributed by atoms with Gasteiger partial charge >= 0.3 is 0 Å². The van der Waals surface area contributed by atoms with E-state index in [1.54, 1.807) is 22.7 Å². The zero-order valence-electron chi connectivity index (χ0n) is 28.9. The predicted molar refractivity (Wildman–Crippen MR) is 229 cm³/mol. The van der Waals surface area contributed by atoms with Crippen molar-refractivity contribution in [3.05, 3.63) is 181 Å². The number of benzene rings is 8. The molecule has 0 saturated carbocycles. The molecule has 0 spiro atoms. The van der Waals surface area contributed by atoms with E-state index >= 15 is 0 Å². The van der Waals surface area contributed by atoms with E-state index in [-0.39, 0.29) is 0 Å². The predicted octanol–water partition coefficient (Wildman–Crippen LogP) is 14.5.